The van der Waals surface area contributed by atoms with Crippen LogP contribution in [0.3, 0.4) is 0 Å². The number of likely N-dealkylation sites (tertiary alicyclic amines) is 1. The summed E-state index contributed by atoms with van der Waals surface area (Å²) in [5, 5.41) is 3.39. The number of rotatable bonds is 7. The summed E-state index contributed by atoms with van der Waals surface area (Å²) in [6.07, 6.45) is 4.82. The molecule has 0 aromatic heterocycles. The van der Waals surface area contributed by atoms with Gasteiger partial charge in [0, 0.05) is 31.7 Å². The second-order valence-corrected chi connectivity index (χ2v) is 6.20. The molecular formula is C15H29N3O. The van der Waals surface area contributed by atoms with Gasteiger partial charge >= 0.3 is 0 Å². The minimum atomic E-state index is 0.0461. The van der Waals surface area contributed by atoms with Crippen LogP contribution in [-0.2, 0) is 4.79 Å². The van der Waals surface area contributed by atoms with Crippen LogP contribution < -0.4 is 5.32 Å². The summed E-state index contributed by atoms with van der Waals surface area (Å²) in [4.78, 5) is 17.0. The fourth-order valence-corrected chi connectivity index (χ4v) is 3.01. The van der Waals surface area contributed by atoms with E-state index in [0.717, 1.165) is 45.1 Å². The number of carbonyl (C=O) groups excluding carboxylic acids is 1. The number of carbonyl (C=O) groups is 1. The summed E-state index contributed by atoms with van der Waals surface area (Å²) in [6, 6.07) is 1.23. The molecule has 110 valence electrons. The van der Waals surface area contributed by atoms with Crippen LogP contribution >= 0.6 is 0 Å². The molecule has 2 fully saturated rings. The van der Waals surface area contributed by atoms with E-state index in [1.165, 1.54) is 12.8 Å². The molecule has 2 aliphatic rings. The molecule has 1 N–H and O–H groups in total. The average molecular weight is 267 g/mol. The Hall–Kier alpha value is -0.610. The number of nitrogens with one attached hydrogen (secondary N) is 1. The van der Waals surface area contributed by atoms with Gasteiger partial charge in [-0.15, -0.1) is 0 Å². The normalized spacial score (nSPS) is 24.6. The van der Waals surface area contributed by atoms with Gasteiger partial charge in [-0.05, 0) is 32.2 Å². The smallest absolute Gasteiger partial charge is 0.239 e. The Balaban J connectivity index is 1.80. The minimum Gasteiger partial charge on any atom is -0.340 e. The summed E-state index contributed by atoms with van der Waals surface area (Å²) >= 11 is 0. The van der Waals surface area contributed by atoms with E-state index in [2.05, 4.69) is 35.9 Å². The lowest BCUT2D eigenvalue weighted by atomic mass is 10.0. The van der Waals surface area contributed by atoms with Gasteiger partial charge in [0.05, 0.1) is 6.04 Å². The largest absolute Gasteiger partial charge is 0.340 e. The number of hydrogen-bond donors (Lipinski definition) is 1. The van der Waals surface area contributed by atoms with Gasteiger partial charge in [0.2, 0.25) is 5.91 Å². The minimum absolute atomic E-state index is 0.0461. The summed E-state index contributed by atoms with van der Waals surface area (Å²) in [6.45, 7) is 10.4. The first-order chi connectivity index (χ1) is 9.11. The van der Waals surface area contributed by atoms with Crippen LogP contribution in [0.25, 0.3) is 0 Å². The van der Waals surface area contributed by atoms with Crippen LogP contribution in [0.2, 0.25) is 0 Å². The lowest BCUT2D eigenvalue weighted by Gasteiger charge is -2.35. The van der Waals surface area contributed by atoms with E-state index >= 15 is 0 Å². The molecular weight excluding hydrogens is 238 g/mol. The standard InChI is InChI=1S/C15H29N3O/c1-4-17(13-7-8-13)10-11-18-9-5-6-14(15(18)19)16-12(2)3/h12-14,16H,4-11H2,1-3H3. The van der Waals surface area contributed by atoms with Gasteiger partial charge in [-0.2, -0.15) is 0 Å². The van der Waals surface area contributed by atoms with Crippen LogP contribution in [-0.4, -0.2) is 60.0 Å². The maximum atomic E-state index is 12.4. The van der Waals surface area contributed by atoms with E-state index in [1.54, 1.807) is 0 Å². The first-order valence-electron chi connectivity index (χ1n) is 7.90. The molecule has 0 aromatic carbocycles. The van der Waals surface area contributed by atoms with Crippen molar-refractivity contribution in [3.63, 3.8) is 0 Å². The molecule has 1 saturated carbocycles. The third-order valence-corrected chi connectivity index (χ3v) is 4.19. The first kappa shape index (κ1) is 14.8. The van der Waals surface area contributed by atoms with Crippen LogP contribution in [0.15, 0.2) is 0 Å². The third-order valence-electron chi connectivity index (χ3n) is 4.19. The summed E-state index contributed by atoms with van der Waals surface area (Å²) in [5.41, 5.74) is 0. The summed E-state index contributed by atoms with van der Waals surface area (Å²) in [5.74, 6) is 0.312. The molecule has 19 heavy (non-hydrogen) atoms. The Labute approximate surface area is 117 Å². The SMILES string of the molecule is CCN(CCN1CCCC(NC(C)C)C1=O)C1CC1. The van der Waals surface area contributed by atoms with Gasteiger partial charge in [0.15, 0.2) is 0 Å². The topological polar surface area (TPSA) is 35.6 Å². The van der Waals surface area contributed by atoms with Crippen molar-refractivity contribution in [3.8, 4) is 0 Å². The molecule has 1 amide bonds. The Morgan fingerprint density at radius 2 is 2.11 bits per heavy atom. The zero-order valence-corrected chi connectivity index (χ0v) is 12.7. The molecule has 0 spiro atoms. The quantitative estimate of drug-likeness (QED) is 0.758. The zero-order valence-electron chi connectivity index (χ0n) is 12.7. The average Bonchev–Trinajstić information content (AvgIpc) is 3.18. The Morgan fingerprint density at radius 1 is 1.37 bits per heavy atom. The molecule has 0 radical (unpaired) electrons. The van der Waals surface area contributed by atoms with E-state index < -0.39 is 0 Å². The number of hydrogen-bond acceptors (Lipinski definition) is 3. The highest BCUT2D eigenvalue weighted by molar-refractivity contribution is 5.82. The van der Waals surface area contributed by atoms with E-state index in [-0.39, 0.29) is 6.04 Å². The second kappa shape index (κ2) is 6.71. The molecule has 0 bridgehead atoms. The fraction of sp³-hybridized carbons (Fsp3) is 0.933. The highest BCUT2D eigenvalue weighted by Gasteiger charge is 2.31. The van der Waals surface area contributed by atoms with Crippen molar-refractivity contribution in [3.05, 3.63) is 0 Å². The molecule has 4 nitrogen and oxygen atoms in total. The van der Waals surface area contributed by atoms with Gasteiger partial charge in [-0.1, -0.05) is 20.8 Å². The van der Waals surface area contributed by atoms with Crippen LogP contribution in [0, 0.1) is 0 Å². The highest BCUT2D eigenvalue weighted by Crippen LogP contribution is 2.26. The Kier molecular flexibility index (Phi) is 5.22. The number of nitrogens with zero attached hydrogens (tertiary/aromatic N) is 2. The monoisotopic (exact) mass is 267 g/mol. The molecule has 4 heteroatoms. The molecule has 1 aliphatic heterocycles. The summed E-state index contributed by atoms with van der Waals surface area (Å²) < 4.78 is 0. The first-order valence-corrected chi connectivity index (χ1v) is 7.90. The molecule has 1 heterocycles. The predicted octanol–water partition coefficient (Wildman–Crippen LogP) is 1.46. The van der Waals surface area contributed by atoms with Crippen LogP contribution in [0.5, 0.6) is 0 Å². The number of likely N-dealkylation sites (N-methyl/N-ethyl adjacent to an activating group) is 1. The van der Waals surface area contributed by atoms with Gasteiger partial charge in [0.25, 0.3) is 0 Å². The third kappa shape index (κ3) is 4.18. The van der Waals surface area contributed by atoms with Crippen molar-refractivity contribution in [2.24, 2.45) is 0 Å². The zero-order chi connectivity index (χ0) is 13.8. The lowest BCUT2D eigenvalue weighted by Crippen LogP contribution is -2.53. The number of piperidine rings is 1. The van der Waals surface area contributed by atoms with Crippen LogP contribution in [0.4, 0.5) is 0 Å². The highest BCUT2D eigenvalue weighted by atomic mass is 16.2. The molecule has 0 aromatic rings. The van der Waals surface area contributed by atoms with Crippen molar-refractivity contribution in [1.82, 2.24) is 15.1 Å². The van der Waals surface area contributed by atoms with Gasteiger partial charge < -0.3 is 10.2 Å². The number of amides is 1. The van der Waals surface area contributed by atoms with Crippen molar-refractivity contribution in [2.75, 3.05) is 26.2 Å². The van der Waals surface area contributed by atoms with Crippen molar-refractivity contribution in [1.29, 1.82) is 0 Å². The van der Waals surface area contributed by atoms with E-state index in [0.29, 0.717) is 11.9 Å². The summed E-state index contributed by atoms with van der Waals surface area (Å²) in [7, 11) is 0. The second-order valence-electron chi connectivity index (χ2n) is 6.20. The van der Waals surface area contributed by atoms with E-state index in [4.69, 9.17) is 0 Å². The van der Waals surface area contributed by atoms with Gasteiger partial charge in [-0.25, -0.2) is 0 Å². The van der Waals surface area contributed by atoms with Crippen molar-refractivity contribution < 1.29 is 4.79 Å². The van der Waals surface area contributed by atoms with Crippen LogP contribution in [0.1, 0.15) is 46.5 Å². The predicted molar refractivity (Wildman–Crippen MR) is 78.1 cm³/mol. The van der Waals surface area contributed by atoms with E-state index in [9.17, 15) is 4.79 Å². The fourth-order valence-electron chi connectivity index (χ4n) is 3.01. The van der Waals surface area contributed by atoms with Gasteiger partial charge in [-0.3, -0.25) is 9.69 Å². The van der Waals surface area contributed by atoms with Gasteiger partial charge in [0.1, 0.15) is 0 Å². The molecule has 1 aliphatic carbocycles. The Bertz CT molecular complexity index is 302. The lowest BCUT2D eigenvalue weighted by molar-refractivity contribution is -0.136. The van der Waals surface area contributed by atoms with Crippen molar-refractivity contribution >= 4 is 5.91 Å². The molecule has 1 unspecified atom stereocenters. The van der Waals surface area contributed by atoms with Crippen molar-refractivity contribution in [2.45, 2.75) is 64.6 Å². The molecule has 1 saturated heterocycles. The van der Waals surface area contributed by atoms with E-state index in [1.807, 2.05) is 0 Å². The Morgan fingerprint density at radius 3 is 2.68 bits per heavy atom. The maximum Gasteiger partial charge on any atom is 0.239 e. The molecule has 1 atom stereocenters. The molecule has 2 rings (SSSR count). The maximum absolute atomic E-state index is 12.4.